The number of anilines is 2. The lowest BCUT2D eigenvalue weighted by atomic mass is 10.1. The summed E-state index contributed by atoms with van der Waals surface area (Å²) in [7, 11) is 0. The summed E-state index contributed by atoms with van der Waals surface area (Å²) in [6, 6.07) is 7.33. The van der Waals surface area contributed by atoms with E-state index in [4.69, 9.17) is 9.72 Å². The predicted molar refractivity (Wildman–Crippen MR) is 114 cm³/mol. The van der Waals surface area contributed by atoms with Crippen molar-refractivity contribution in [3.63, 3.8) is 0 Å². The fourth-order valence-corrected chi connectivity index (χ4v) is 3.37. The number of morpholine rings is 1. The number of nitrogens with zero attached hydrogens (tertiary/aromatic N) is 3. The minimum atomic E-state index is -0.285. The number of urea groups is 1. The van der Waals surface area contributed by atoms with Gasteiger partial charge in [0, 0.05) is 36.1 Å². The third kappa shape index (κ3) is 5.36. The number of rotatable bonds is 4. The van der Waals surface area contributed by atoms with E-state index in [1.165, 1.54) is 0 Å². The molecule has 150 valence electrons. The molecule has 2 heterocycles. The number of carbonyl (C=O) groups excluding carboxylic acids is 1. The van der Waals surface area contributed by atoms with E-state index >= 15 is 0 Å². The van der Waals surface area contributed by atoms with Crippen LogP contribution in [-0.4, -0.2) is 54.1 Å². The highest BCUT2D eigenvalue weighted by Gasteiger charge is 2.18. The molecule has 2 amide bonds. The largest absolute Gasteiger partial charge is 0.378 e. The van der Waals surface area contributed by atoms with Gasteiger partial charge in [0.15, 0.2) is 5.82 Å². The first-order valence-corrected chi connectivity index (χ1v) is 10.5. The maximum Gasteiger partial charge on any atom is 0.319 e. The molecule has 0 radical (unpaired) electrons. The van der Waals surface area contributed by atoms with Crippen molar-refractivity contribution in [1.29, 1.82) is 0 Å². The molecule has 0 spiro atoms. The van der Waals surface area contributed by atoms with Gasteiger partial charge in [-0.15, -0.1) is 11.8 Å². The standard InChI is InChI=1S/C20H27N5O2S/c1-20(2,3)24-19(26)22-15-7-5-14(6-8-15)17-21-13-16(28-4)18(23-17)25-9-11-27-12-10-25/h5-8,13H,9-12H2,1-4H3,(H2,22,24,26). The summed E-state index contributed by atoms with van der Waals surface area (Å²) in [6.45, 7) is 8.91. The average molecular weight is 402 g/mol. The number of carbonyl (C=O) groups is 1. The first-order chi connectivity index (χ1) is 13.4. The van der Waals surface area contributed by atoms with Gasteiger partial charge in [0.1, 0.15) is 5.82 Å². The Hall–Kier alpha value is -2.32. The van der Waals surface area contributed by atoms with Gasteiger partial charge < -0.3 is 20.3 Å². The number of hydrogen-bond donors (Lipinski definition) is 2. The van der Waals surface area contributed by atoms with E-state index in [1.807, 2.05) is 57.5 Å². The molecule has 1 saturated heterocycles. The summed E-state index contributed by atoms with van der Waals surface area (Å²) in [6.07, 6.45) is 3.91. The van der Waals surface area contributed by atoms with Crippen LogP contribution in [0.25, 0.3) is 11.4 Å². The van der Waals surface area contributed by atoms with E-state index in [0.717, 1.165) is 35.1 Å². The van der Waals surface area contributed by atoms with Crippen LogP contribution in [0.3, 0.4) is 0 Å². The summed E-state index contributed by atoms with van der Waals surface area (Å²) >= 11 is 1.64. The van der Waals surface area contributed by atoms with Crippen LogP contribution >= 0.6 is 11.8 Å². The molecule has 3 rings (SSSR count). The molecule has 0 saturated carbocycles. The summed E-state index contributed by atoms with van der Waals surface area (Å²) in [5.74, 6) is 1.62. The molecule has 2 N–H and O–H groups in total. The number of ether oxygens (including phenoxy) is 1. The van der Waals surface area contributed by atoms with Crippen LogP contribution in [0.15, 0.2) is 35.4 Å². The zero-order valence-corrected chi connectivity index (χ0v) is 17.6. The second kappa shape index (κ2) is 8.79. The Morgan fingerprint density at radius 1 is 1.18 bits per heavy atom. The van der Waals surface area contributed by atoms with E-state index in [9.17, 15) is 4.79 Å². The van der Waals surface area contributed by atoms with Gasteiger partial charge in [0.2, 0.25) is 0 Å². The number of nitrogens with one attached hydrogen (secondary N) is 2. The number of aromatic nitrogens is 2. The molecule has 0 aliphatic carbocycles. The monoisotopic (exact) mass is 401 g/mol. The molecular formula is C20H27N5O2S. The minimum absolute atomic E-state index is 0.226. The Bertz CT molecular complexity index is 814. The molecule has 7 nitrogen and oxygen atoms in total. The molecule has 1 aliphatic heterocycles. The van der Waals surface area contributed by atoms with Gasteiger partial charge in [-0.3, -0.25) is 0 Å². The van der Waals surface area contributed by atoms with Crippen molar-refractivity contribution in [3.05, 3.63) is 30.5 Å². The van der Waals surface area contributed by atoms with Gasteiger partial charge in [-0.2, -0.15) is 0 Å². The summed E-state index contributed by atoms with van der Waals surface area (Å²) < 4.78 is 5.45. The quantitative estimate of drug-likeness (QED) is 0.762. The van der Waals surface area contributed by atoms with E-state index in [1.54, 1.807) is 11.8 Å². The minimum Gasteiger partial charge on any atom is -0.378 e. The topological polar surface area (TPSA) is 79.4 Å². The van der Waals surface area contributed by atoms with Gasteiger partial charge >= 0.3 is 6.03 Å². The fraction of sp³-hybridized carbons (Fsp3) is 0.450. The predicted octanol–water partition coefficient (Wildman–Crippen LogP) is 3.62. The molecule has 0 atom stereocenters. The fourth-order valence-electron chi connectivity index (χ4n) is 2.85. The number of amides is 2. The first kappa shape index (κ1) is 20.4. The Morgan fingerprint density at radius 2 is 1.86 bits per heavy atom. The third-order valence-electron chi connectivity index (χ3n) is 4.16. The van der Waals surface area contributed by atoms with Crippen LogP contribution < -0.4 is 15.5 Å². The molecule has 2 aromatic rings. The maximum absolute atomic E-state index is 12.0. The Morgan fingerprint density at radius 3 is 2.46 bits per heavy atom. The number of thioether (sulfide) groups is 1. The van der Waals surface area contributed by atoms with E-state index in [2.05, 4.69) is 20.5 Å². The summed E-state index contributed by atoms with van der Waals surface area (Å²) in [4.78, 5) is 24.6. The molecule has 1 aliphatic rings. The van der Waals surface area contributed by atoms with E-state index in [0.29, 0.717) is 19.0 Å². The molecule has 1 fully saturated rings. The van der Waals surface area contributed by atoms with Crippen molar-refractivity contribution in [2.75, 3.05) is 42.8 Å². The second-order valence-corrected chi connectivity index (χ2v) is 8.44. The highest BCUT2D eigenvalue weighted by Crippen LogP contribution is 2.29. The lowest BCUT2D eigenvalue weighted by molar-refractivity contribution is 0.122. The highest BCUT2D eigenvalue weighted by atomic mass is 32.2. The van der Waals surface area contributed by atoms with Crippen LogP contribution in [0.4, 0.5) is 16.3 Å². The highest BCUT2D eigenvalue weighted by molar-refractivity contribution is 7.98. The van der Waals surface area contributed by atoms with Crippen LogP contribution in [0.5, 0.6) is 0 Å². The normalized spacial score (nSPS) is 14.6. The second-order valence-electron chi connectivity index (χ2n) is 7.59. The molecule has 8 heteroatoms. The Labute approximate surface area is 170 Å². The lowest BCUT2D eigenvalue weighted by Gasteiger charge is -2.29. The van der Waals surface area contributed by atoms with Gasteiger partial charge in [-0.1, -0.05) is 0 Å². The summed E-state index contributed by atoms with van der Waals surface area (Å²) in [5.41, 5.74) is 1.34. The van der Waals surface area contributed by atoms with Crippen LogP contribution in [-0.2, 0) is 4.74 Å². The Kier molecular flexibility index (Phi) is 6.41. The average Bonchev–Trinajstić information content (AvgIpc) is 2.67. The van der Waals surface area contributed by atoms with Gasteiger partial charge in [-0.05, 0) is 51.3 Å². The zero-order chi connectivity index (χ0) is 20.1. The summed E-state index contributed by atoms with van der Waals surface area (Å²) in [5, 5.41) is 5.72. The number of benzene rings is 1. The third-order valence-corrected chi connectivity index (χ3v) is 4.88. The van der Waals surface area contributed by atoms with Crippen molar-refractivity contribution < 1.29 is 9.53 Å². The zero-order valence-electron chi connectivity index (χ0n) is 16.8. The first-order valence-electron chi connectivity index (χ1n) is 9.29. The molecule has 0 unspecified atom stereocenters. The molecule has 28 heavy (non-hydrogen) atoms. The van der Waals surface area contributed by atoms with Crippen molar-refractivity contribution in [1.82, 2.24) is 15.3 Å². The van der Waals surface area contributed by atoms with Crippen molar-refractivity contribution in [3.8, 4) is 11.4 Å². The van der Waals surface area contributed by atoms with Gasteiger partial charge in [0.05, 0.1) is 18.1 Å². The van der Waals surface area contributed by atoms with E-state index < -0.39 is 0 Å². The van der Waals surface area contributed by atoms with Crippen LogP contribution in [0.1, 0.15) is 20.8 Å². The van der Waals surface area contributed by atoms with E-state index in [-0.39, 0.29) is 11.6 Å². The van der Waals surface area contributed by atoms with Gasteiger partial charge in [-0.25, -0.2) is 14.8 Å². The Balaban J connectivity index is 1.77. The van der Waals surface area contributed by atoms with Crippen molar-refractivity contribution in [2.24, 2.45) is 0 Å². The van der Waals surface area contributed by atoms with Crippen LogP contribution in [0.2, 0.25) is 0 Å². The molecule has 0 bridgehead atoms. The van der Waals surface area contributed by atoms with Crippen molar-refractivity contribution in [2.45, 2.75) is 31.2 Å². The van der Waals surface area contributed by atoms with Crippen molar-refractivity contribution >= 4 is 29.3 Å². The SMILES string of the molecule is CSc1cnc(-c2ccc(NC(=O)NC(C)(C)C)cc2)nc1N1CCOCC1. The lowest BCUT2D eigenvalue weighted by Crippen LogP contribution is -2.43. The molecular weight excluding hydrogens is 374 g/mol. The molecule has 1 aromatic carbocycles. The van der Waals surface area contributed by atoms with Gasteiger partial charge in [0.25, 0.3) is 0 Å². The number of hydrogen-bond acceptors (Lipinski definition) is 6. The molecule has 1 aromatic heterocycles. The maximum atomic E-state index is 12.0. The van der Waals surface area contributed by atoms with Crippen LogP contribution in [0, 0.1) is 0 Å². The smallest absolute Gasteiger partial charge is 0.319 e.